The molecule has 1 unspecified atom stereocenters. The number of fused-ring (bicyclic) bond motifs is 1. The van der Waals surface area contributed by atoms with Crippen molar-refractivity contribution in [2.75, 3.05) is 39.3 Å². The van der Waals surface area contributed by atoms with Gasteiger partial charge in [0.15, 0.2) is 11.5 Å². The van der Waals surface area contributed by atoms with Gasteiger partial charge < -0.3 is 24.2 Å². The van der Waals surface area contributed by atoms with E-state index in [0.717, 1.165) is 6.42 Å². The van der Waals surface area contributed by atoms with E-state index in [1.807, 2.05) is 18.7 Å². The average molecular weight is 552 g/mol. The van der Waals surface area contributed by atoms with Crippen molar-refractivity contribution in [1.29, 1.82) is 0 Å². The first-order chi connectivity index (χ1) is 17.9. The molecule has 0 bridgehead atoms. The number of likely N-dealkylation sites (tertiary alicyclic amines) is 1. The van der Waals surface area contributed by atoms with Crippen molar-refractivity contribution in [2.45, 2.75) is 69.7 Å². The van der Waals surface area contributed by atoms with Crippen molar-refractivity contribution in [3.8, 4) is 11.5 Å². The molecule has 2 aliphatic rings. The van der Waals surface area contributed by atoms with Gasteiger partial charge in [-0.05, 0) is 65.3 Å². The fourth-order valence-corrected chi connectivity index (χ4v) is 7.07. The number of benzene rings is 1. The Kier molecular flexibility index (Phi) is 8.48. The minimum atomic E-state index is -4.00. The number of phenols is 1. The zero-order valence-electron chi connectivity index (χ0n) is 22.3. The molecule has 1 spiro atoms. The molecular formula is C26H37N3O8S. The molecule has 12 heteroatoms. The summed E-state index contributed by atoms with van der Waals surface area (Å²) in [4.78, 5) is 14.9. The minimum absolute atomic E-state index is 0.00462. The summed E-state index contributed by atoms with van der Waals surface area (Å²) in [5.41, 5.74) is -0.0962. The predicted molar refractivity (Wildman–Crippen MR) is 138 cm³/mol. The Morgan fingerprint density at radius 3 is 2.74 bits per heavy atom. The third-order valence-electron chi connectivity index (χ3n) is 6.93. The fourth-order valence-electron chi connectivity index (χ4n) is 5.32. The summed E-state index contributed by atoms with van der Waals surface area (Å²) >= 11 is 0. The number of hydrogen-bond donors (Lipinski definition) is 2. The topological polar surface area (TPSA) is 143 Å². The van der Waals surface area contributed by atoms with Crippen molar-refractivity contribution in [2.24, 2.45) is 0 Å². The van der Waals surface area contributed by atoms with Gasteiger partial charge in [0.2, 0.25) is 10.0 Å². The van der Waals surface area contributed by atoms with E-state index < -0.39 is 21.7 Å². The second-order valence-corrected chi connectivity index (χ2v) is 12.4. The summed E-state index contributed by atoms with van der Waals surface area (Å²) in [6.07, 6.45) is 0.555. The van der Waals surface area contributed by atoms with Crippen LogP contribution in [0.25, 0.3) is 0 Å². The van der Waals surface area contributed by atoms with E-state index in [4.69, 9.17) is 14.0 Å². The number of aryl methyl sites for hydroxylation is 2. The maximum absolute atomic E-state index is 13.5. The normalized spacial score (nSPS) is 21.2. The third-order valence-corrected chi connectivity index (χ3v) is 9.04. The first kappa shape index (κ1) is 28.5. The Hall–Kier alpha value is -2.51. The van der Waals surface area contributed by atoms with Gasteiger partial charge in [-0.25, -0.2) is 8.42 Å². The van der Waals surface area contributed by atoms with E-state index in [0.29, 0.717) is 30.8 Å². The van der Waals surface area contributed by atoms with Crippen molar-refractivity contribution in [3.05, 3.63) is 35.2 Å². The van der Waals surface area contributed by atoms with Gasteiger partial charge in [0, 0.05) is 26.2 Å². The number of ether oxygens (including phenoxy) is 2. The zero-order valence-corrected chi connectivity index (χ0v) is 23.2. The highest BCUT2D eigenvalue weighted by Crippen LogP contribution is 2.39. The average Bonchev–Trinajstić information content (AvgIpc) is 3.17. The number of nitrogens with zero attached hydrogens (tertiary/aromatic N) is 3. The molecule has 1 fully saturated rings. The largest absolute Gasteiger partial charge is 0.508 e. The van der Waals surface area contributed by atoms with Gasteiger partial charge >= 0.3 is 0 Å². The summed E-state index contributed by atoms with van der Waals surface area (Å²) in [7, 11) is -4.00. The maximum Gasteiger partial charge on any atom is 0.248 e. The molecule has 2 aromatic rings. The molecule has 2 N–H and O–H groups in total. The number of carbonyl (C=O) groups excluding carboxylic acids is 1. The van der Waals surface area contributed by atoms with Gasteiger partial charge in [-0.1, -0.05) is 5.16 Å². The van der Waals surface area contributed by atoms with Gasteiger partial charge in [0.1, 0.15) is 27.7 Å². The summed E-state index contributed by atoms with van der Waals surface area (Å²) in [6.45, 7) is 8.26. The molecule has 2 aliphatic heterocycles. The van der Waals surface area contributed by atoms with Crippen LogP contribution in [0.15, 0.2) is 27.6 Å². The number of β-amino-alcohol motifs (C(OH)–C–C–N with tert-alkyl or cyclic N) is 1. The molecule has 2 atom stereocenters. The van der Waals surface area contributed by atoms with Crippen LogP contribution in [-0.2, 0) is 14.8 Å². The van der Waals surface area contributed by atoms with Crippen LogP contribution in [0.5, 0.6) is 11.5 Å². The van der Waals surface area contributed by atoms with E-state index in [2.05, 4.69) is 5.16 Å². The molecule has 3 heterocycles. The molecule has 0 amide bonds. The van der Waals surface area contributed by atoms with Gasteiger partial charge in [-0.3, -0.25) is 9.69 Å². The van der Waals surface area contributed by atoms with E-state index >= 15 is 0 Å². The number of ketones is 1. The lowest BCUT2D eigenvalue weighted by Gasteiger charge is -2.45. The quantitative estimate of drug-likeness (QED) is 0.451. The summed E-state index contributed by atoms with van der Waals surface area (Å²) < 4.78 is 45.3. The number of aliphatic hydroxyl groups is 1. The smallest absolute Gasteiger partial charge is 0.248 e. The van der Waals surface area contributed by atoms with Crippen molar-refractivity contribution >= 4 is 15.8 Å². The Morgan fingerprint density at radius 2 is 2.05 bits per heavy atom. The number of sulfonamides is 1. The van der Waals surface area contributed by atoms with E-state index in [1.54, 1.807) is 19.9 Å². The number of hydrogen-bond acceptors (Lipinski definition) is 10. The third kappa shape index (κ3) is 6.20. The second-order valence-electron chi connectivity index (χ2n) is 10.5. The van der Waals surface area contributed by atoms with Crippen LogP contribution in [0, 0.1) is 13.8 Å². The molecule has 1 saturated heterocycles. The minimum Gasteiger partial charge on any atom is -0.508 e. The highest BCUT2D eigenvalue weighted by atomic mass is 32.2. The molecule has 0 aliphatic carbocycles. The first-order valence-electron chi connectivity index (χ1n) is 12.9. The molecule has 4 rings (SSSR count). The standard InChI is InChI=1S/C26H37N3O8S/c1-17(2)35-11-10-29(38(33,34)25-18(3)27-37-19(25)4)15-21(31)14-28-9-5-8-26(16-28)13-23(32)22-12-20(30)6-7-24(22)36-26/h6-7,12,17,21,30-31H,5,8-11,13-16H2,1-4H3/t21-,26?/m0/s1. The molecule has 0 radical (unpaired) electrons. The lowest BCUT2D eigenvalue weighted by atomic mass is 9.83. The van der Waals surface area contributed by atoms with Crippen LogP contribution < -0.4 is 4.74 Å². The number of Topliss-reactive ketones (excluding diaryl/α,β-unsaturated/α-hetero) is 1. The molecular weight excluding hydrogens is 514 g/mol. The van der Waals surface area contributed by atoms with Crippen molar-refractivity contribution < 1.29 is 37.4 Å². The van der Waals surface area contributed by atoms with Gasteiger partial charge in [0.25, 0.3) is 0 Å². The number of aromatic nitrogens is 1. The van der Waals surface area contributed by atoms with E-state index in [1.165, 1.54) is 16.4 Å². The molecule has 0 saturated carbocycles. The fraction of sp³-hybridized carbons (Fsp3) is 0.615. The lowest BCUT2D eigenvalue weighted by molar-refractivity contribution is -0.0306. The van der Waals surface area contributed by atoms with Gasteiger partial charge in [-0.2, -0.15) is 4.31 Å². The van der Waals surface area contributed by atoms with Crippen LogP contribution in [0.3, 0.4) is 0 Å². The Bertz CT molecular complexity index is 1240. The zero-order chi connectivity index (χ0) is 27.7. The molecule has 1 aromatic heterocycles. The number of rotatable bonds is 10. The highest BCUT2D eigenvalue weighted by Gasteiger charge is 2.44. The molecule has 38 heavy (non-hydrogen) atoms. The Morgan fingerprint density at radius 1 is 1.29 bits per heavy atom. The SMILES string of the molecule is Cc1noc(C)c1S(=O)(=O)N(CCOC(C)C)C[C@@H](O)CN1CCCC2(CC(=O)c3cc(O)ccc3O2)C1. The molecule has 11 nitrogen and oxygen atoms in total. The van der Waals surface area contributed by atoms with Gasteiger partial charge in [0.05, 0.1) is 30.8 Å². The van der Waals surface area contributed by atoms with Crippen LogP contribution in [0.4, 0.5) is 0 Å². The van der Waals surface area contributed by atoms with E-state index in [9.17, 15) is 23.4 Å². The molecule has 210 valence electrons. The Labute approximate surface area is 223 Å². The number of aromatic hydroxyl groups is 1. The first-order valence-corrected chi connectivity index (χ1v) is 14.3. The summed E-state index contributed by atoms with van der Waals surface area (Å²) in [5.74, 6) is 0.562. The number of phenolic OH excluding ortho intramolecular Hbond substituents is 1. The van der Waals surface area contributed by atoms with Gasteiger partial charge in [-0.15, -0.1) is 0 Å². The van der Waals surface area contributed by atoms with Crippen LogP contribution in [0.2, 0.25) is 0 Å². The van der Waals surface area contributed by atoms with Crippen LogP contribution >= 0.6 is 0 Å². The van der Waals surface area contributed by atoms with Crippen LogP contribution in [0.1, 0.15) is 54.9 Å². The Balaban J connectivity index is 1.46. The van der Waals surface area contributed by atoms with Crippen molar-refractivity contribution in [1.82, 2.24) is 14.4 Å². The van der Waals surface area contributed by atoms with Crippen molar-refractivity contribution in [3.63, 3.8) is 0 Å². The van der Waals surface area contributed by atoms with Crippen LogP contribution in [-0.4, -0.2) is 95.9 Å². The summed E-state index contributed by atoms with van der Waals surface area (Å²) in [6, 6.07) is 4.52. The lowest BCUT2D eigenvalue weighted by Crippen LogP contribution is -2.56. The second kappa shape index (κ2) is 11.3. The highest BCUT2D eigenvalue weighted by molar-refractivity contribution is 7.89. The maximum atomic E-state index is 13.5. The number of aliphatic hydroxyl groups excluding tert-OH is 1. The van der Waals surface area contributed by atoms with E-state index in [-0.39, 0.29) is 66.6 Å². The predicted octanol–water partition coefficient (Wildman–Crippen LogP) is 2.27. The molecule has 1 aromatic carbocycles. The monoisotopic (exact) mass is 551 g/mol. The summed E-state index contributed by atoms with van der Waals surface area (Å²) in [5, 5.41) is 24.6. The number of carbonyl (C=O) groups is 1. The number of piperidine rings is 1.